The van der Waals surface area contributed by atoms with Crippen LogP contribution in [0.15, 0.2) is 24.3 Å². The minimum absolute atomic E-state index is 0.334. The van der Waals surface area contributed by atoms with E-state index in [9.17, 15) is 4.79 Å². The van der Waals surface area contributed by atoms with Crippen molar-refractivity contribution in [2.45, 2.75) is 0 Å². The van der Waals surface area contributed by atoms with Crippen molar-refractivity contribution in [1.82, 2.24) is 5.73 Å². The summed E-state index contributed by atoms with van der Waals surface area (Å²) in [7, 11) is 0. The first-order valence-corrected chi connectivity index (χ1v) is 3.42. The second-order valence-electron chi connectivity index (χ2n) is 2.27. The van der Waals surface area contributed by atoms with Crippen LogP contribution in [0, 0.1) is 11.3 Å². The zero-order valence-electron chi connectivity index (χ0n) is 6.32. The Bertz CT molecular complexity index is 321. The molecule has 1 rings (SSSR count). The Morgan fingerprint density at radius 2 is 1.92 bits per heavy atom. The van der Waals surface area contributed by atoms with Crippen molar-refractivity contribution >= 4 is 5.78 Å². The van der Waals surface area contributed by atoms with Gasteiger partial charge in [0.25, 0.3) is 0 Å². The monoisotopic (exact) mass is 158 g/mol. The average Bonchev–Trinajstić information content (AvgIpc) is 2.17. The molecule has 0 aliphatic rings. The third-order valence-corrected chi connectivity index (χ3v) is 1.48. The van der Waals surface area contributed by atoms with Gasteiger partial charge in [-0.1, -0.05) is 12.1 Å². The summed E-state index contributed by atoms with van der Waals surface area (Å²) in [6, 6.07) is 8.08. The number of benzene rings is 1. The molecule has 0 spiro atoms. The molecule has 0 fully saturated rings. The third-order valence-electron chi connectivity index (χ3n) is 1.48. The summed E-state index contributed by atoms with van der Waals surface area (Å²) in [4.78, 5) is 10.9. The number of carbonyl (C=O) groups is 1. The Kier molecular flexibility index (Phi) is 2.57. The quantitative estimate of drug-likeness (QED) is 0.598. The van der Waals surface area contributed by atoms with Gasteiger partial charge in [-0.3, -0.25) is 4.79 Å². The Hall–Kier alpha value is -1.66. The average molecular weight is 158 g/mol. The molecule has 0 amide bonds. The smallest absolute Gasteiger partial charge is 0.179 e. The first kappa shape index (κ1) is 8.44. The van der Waals surface area contributed by atoms with Gasteiger partial charge < -0.3 is 0 Å². The number of hydrogen-bond donors (Lipinski definition) is 0. The molecule has 3 heteroatoms. The summed E-state index contributed by atoms with van der Waals surface area (Å²) in [5, 5.41) is 8.44. The Balaban J connectivity index is 2.94. The molecule has 3 nitrogen and oxygen atoms in total. The minimum atomic E-state index is -0.494. The highest BCUT2D eigenvalue weighted by Crippen LogP contribution is 2.03. The lowest BCUT2D eigenvalue weighted by molar-refractivity contribution is 0.0999. The number of rotatable bonds is 2. The van der Waals surface area contributed by atoms with Crippen LogP contribution in [-0.4, -0.2) is 12.3 Å². The summed E-state index contributed by atoms with van der Waals surface area (Å²) in [6.07, 6.45) is 0. The molecule has 0 heterocycles. The Morgan fingerprint density at radius 3 is 2.33 bits per heavy atom. The molecule has 0 aliphatic carbocycles. The van der Waals surface area contributed by atoms with Gasteiger partial charge in [-0.15, -0.1) is 5.73 Å². The van der Waals surface area contributed by atoms with Crippen LogP contribution in [0.25, 0.3) is 0 Å². The highest BCUT2D eigenvalue weighted by Gasteiger charge is 2.02. The maximum absolute atomic E-state index is 10.9. The van der Waals surface area contributed by atoms with Gasteiger partial charge in [0, 0.05) is 5.56 Å². The molecule has 1 aromatic carbocycles. The van der Waals surface area contributed by atoms with Crippen LogP contribution in [0.3, 0.4) is 0 Å². The number of ketones is 1. The molecular weight excluding hydrogens is 152 g/mol. The van der Waals surface area contributed by atoms with Gasteiger partial charge in [0.15, 0.2) is 5.78 Å². The summed E-state index contributed by atoms with van der Waals surface area (Å²) < 4.78 is 0. The molecule has 2 radical (unpaired) electrons. The lowest BCUT2D eigenvalue weighted by Gasteiger charge is -1.94. The van der Waals surface area contributed by atoms with Crippen molar-refractivity contribution in [3.63, 3.8) is 0 Å². The van der Waals surface area contributed by atoms with E-state index >= 15 is 0 Å². The number of hydrogen-bond acceptors (Lipinski definition) is 2. The largest absolute Gasteiger partial charge is 0.293 e. The van der Waals surface area contributed by atoms with Crippen molar-refractivity contribution in [2.24, 2.45) is 0 Å². The highest BCUT2D eigenvalue weighted by atomic mass is 16.1. The van der Waals surface area contributed by atoms with E-state index in [2.05, 4.69) is 0 Å². The fourth-order valence-corrected chi connectivity index (χ4v) is 0.822. The van der Waals surface area contributed by atoms with Crippen molar-refractivity contribution in [3.8, 4) is 6.07 Å². The van der Waals surface area contributed by atoms with Crippen molar-refractivity contribution in [2.75, 3.05) is 6.54 Å². The number of nitrogens with zero attached hydrogens (tertiary/aromatic N) is 2. The minimum Gasteiger partial charge on any atom is -0.293 e. The summed E-state index contributed by atoms with van der Waals surface area (Å²) in [5.41, 5.74) is 9.43. The van der Waals surface area contributed by atoms with Crippen LogP contribution < -0.4 is 5.73 Å². The topological polar surface area (TPSA) is 63.2 Å². The molecule has 0 aliphatic heterocycles. The third kappa shape index (κ3) is 1.68. The lowest BCUT2D eigenvalue weighted by Crippen LogP contribution is -2.05. The fourth-order valence-electron chi connectivity index (χ4n) is 0.822. The van der Waals surface area contributed by atoms with Gasteiger partial charge in [0.1, 0.15) is 0 Å². The van der Waals surface area contributed by atoms with Gasteiger partial charge in [-0.05, 0) is 12.1 Å². The van der Waals surface area contributed by atoms with Crippen molar-refractivity contribution in [1.29, 1.82) is 5.26 Å². The van der Waals surface area contributed by atoms with Crippen molar-refractivity contribution in [3.05, 3.63) is 35.4 Å². The standard InChI is InChI=1S/C9H6N2O/c10-5-7-1-3-8(4-2-7)9(12)6-11/h1-4H,6H2. The van der Waals surface area contributed by atoms with Gasteiger partial charge in [0.2, 0.25) is 0 Å². The molecule has 1 aromatic rings. The maximum Gasteiger partial charge on any atom is 0.179 e. The van der Waals surface area contributed by atoms with E-state index < -0.39 is 6.54 Å². The molecule has 0 aromatic heterocycles. The van der Waals surface area contributed by atoms with Crippen LogP contribution in [0.2, 0.25) is 0 Å². The Morgan fingerprint density at radius 1 is 1.33 bits per heavy atom. The van der Waals surface area contributed by atoms with E-state index in [-0.39, 0.29) is 5.78 Å². The molecule has 58 valence electrons. The SMILES string of the molecule is [N]CC(=O)c1ccc(C#N)cc1. The fraction of sp³-hybridized carbons (Fsp3) is 0.111. The zero-order chi connectivity index (χ0) is 8.97. The summed E-state index contributed by atoms with van der Waals surface area (Å²) in [6.45, 7) is -0.494. The first-order chi connectivity index (χ1) is 5.77. The van der Waals surface area contributed by atoms with E-state index in [1.807, 2.05) is 6.07 Å². The predicted octanol–water partition coefficient (Wildman–Crippen LogP) is 0.810. The number of Topliss-reactive ketones (excluding diaryl/α,β-unsaturated/α-hetero) is 1. The second kappa shape index (κ2) is 3.65. The zero-order valence-corrected chi connectivity index (χ0v) is 6.32. The molecule has 0 atom stereocenters. The number of nitriles is 1. The Labute approximate surface area is 70.4 Å². The van der Waals surface area contributed by atoms with Gasteiger partial charge >= 0.3 is 0 Å². The highest BCUT2D eigenvalue weighted by molar-refractivity contribution is 5.97. The van der Waals surface area contributed by atoms with Gasteiger partial charge in [-0.2, -0.15) is 5.26 Å². The van der Waals surface area contributed by atoms with Crippen LogP contribution in [0.5, 0.6) is 0 Å². The lowest BCUT2D eigenvalue weighted by atomic mass is 10.1. The summed E-state index contributed by atoms with van der Waals surface area (Å²) in [5.74, 6) is -0.334. The van der Waals surface area contributed by atoms with E-state index in [1.165, 1.54) is 12.1 Å². The molecule has 0 unspecified atom stereocenters. The maximum atomic E-state index is 10.9. The first-order valence-electron chi connectivity index (χ1n) is 3.42. The van der Waals surface area contributed by atoms with E-state index in [4.69, 9.17) is 11.0 Å². The molecule has 12 heavy (non-hydrogen) atoms. The van der Waals surface area contributed by atoms with Crippen molar-refractivity contribution < 1.29 is 4.79 Å². The second-order valence-corrected chi connectivity index (χ2v) is 2.27. The molecule has 0 saturated heterocycles. The molecular formula is C9H6N2O. The normalized spacial score (nSPS) is 9.00. The van der Waals surface area contributed by atoms with Gasteiger partial charge in [0.05, 0.1) is 18.2 Å². The van der Waals surface area contributed by atoms with Gasteiger partial charge in [-0.25, -0.2) is 0 Å². The summed E-state index contributed by atoms with van der Waals surface area (Å²) >= 11 is 0. The molecule has 0 N–H and O–H groups in total. The van der Waals surface area contributed by atoms with Crippen LogP contribution >= 0.6 is 0 Å². The van der Waals surface area contributed by atoms with E-state index in [0.29, 0.717) is 11.1 Å². The van der Waals surface area contributed by atoms with Crippen LogP contribution in [0.1, 0.15) is 15.9 Å². The van der Waals surface area contributed by atoms with Crippen LogP contribution in [-0.2, 0) is 0 Å². The number of carbonyl (C=O) groups excluding carboxylic acids is 1. The molecule has 0 saturated carbocycles. The van der Waals surface area contributed by atoms with Crippen LogP contribution in [0.4, 0.5) is 0 Å². The van der Waals surface area contributed by atoms with E-state index in [0.717, 1.165) is 0 Å². The van der Waals surface area contributed by atoms with E-state index in [1.54, 1.807) is 12.1 Å². The molecule has 0 bridgehead atoms. The predicted molar refractivity (Wildman–Crippen MR) is 42.5 cm³/mol.